The van der Waals surface area contributed by atoms with Gasteiger partial charge < -0.3 is 5.32 Å². The molecular weight excluding hydrogens is 346 g/mol. The number of hydrogen-bond donors (Lipinski definition) is 1. The van der Waals surface area contributed by atoms with Crippen LogP contribution in [0.5, 0.6) is 0 Å². The number of benzene rings is 2. The van der Waals surface area contributed by atoms with E-state index < -0.39 is 0 Å². The van der Waals surface area contributed by atoms with Crippen molar-refractivity contribution in [2.75, 3.05) is 0 Å². The van der Waals surface area contributed by atoms with E-state index in [2.05, 4.69) is 64.6 Å². The third-order valence-electron chi connectivity index (χ3n) is 4.32. The van der Waals surface area contributed by atoms with E-state index in [0.717, 1.165) is 9.50 Å². The zero-order chi connectivity index (χ0) is 14.8. The van der Waals surface area contributed by atoms with Gasteiger partial charge in [-0.25, -0.2) is 0 Å². The summed E-state index contributed by atoms with van der Waals surface area (Å²) in [6.07, 6.45) is 2.34. The van der Waals surface area contributed by atoms with Crippen molar-refractivity contribution in [2.24, 2.45) is 0 Å². The standard InChI is InChI=1S/C18H19BrClN/c1-12(13-5-4-6-15(19)9-13)21-16-10-14(11-16)17-7-2-3-8-18(17)20/h2-9,12,14,16,21H,10-11H2,1H3. The van der Waals surface area contributed by atoms with Crippen LogP contribution in [0, 0.1) is 0 Å². The molecule has 1 unspecified atom stereocenters. The topological polar surface area (TPSA) is 12.0 Å². The van der Waals surface area contributed by atoms with Crippen LogP contribution in [0.1, 0.15) is 42.9 Å². The Hall–Kier alpha value is -0.830. The van der Waals surface area contributed by atoms with Gasteiger partial charge in [-0.3, -0.25) is 0 Å². The summed E-state index contributed by atoms with van der Waals surface area (Å²) in [5, 5.41) is 4.62. The van der Waals surface area contributed by atoms with Crippen LogP contribution in [0.15, 0.2) is 53.0 Å². The van der Waals surface area contributed by atoms with E-state index in [1.165, 1.54) is 24.0 Å². The van der Waals surface area contributed by atoms with Gasteiger partial charge in [-0.2, -0.15) is 0 Å². The Morgan fingerprint density at radius 1 is 1.14 bits per heavy atom. The van der Waals surface area contributed by atoms with Crippen LogP contribution >= 0.6 is 27.5 Å². The minimum atomic E-state index is 0.375. The van der Waals surface area contributed by atoms with E-state index in [4.69, 9.17) is 11.6 Å². The molecule has 2 aromatic carbocycles. The van der Waals surface area contributed by atoms with Crippen LogP contribution in [0.4, 0.5) is 0 Å². The molecule has 0 spiro atoms. The quantitative estimate of drug-likeness (QED) is 0.734. The normalized spacial score (nSPS) is 22.6. The summed E-state index contributed by atoms with van der Waals surface area (Å²) >= 11 is 9.81. The molecule has 1 atom stereocenters. The summed E-state index contributed by atoms with van der Waals surface area (Å²) in [7, 11) is 0. The van der Waals surface area contributed by atoms with E-state index in [1.807, 2.05) is 12.1 Å². The first-order valence-electron chi connectivity index (χ1n) is 7.39. The van der Waals surface area contributed by atoms with Gasteiger partial charge in [0.15, 0.2) is 0 Å². The van der Waals surface area contributed by atoms with E-state index in [1.54, 1.807) is 0 Å². The first-order valence-corrected chi connectivity index (χ1v) is 8.56. The van der Waals surface area contributed by atoms with Crippen molar-refractivity contribution in [3.8, 4) is 0 Å². The van der Waals surface area contributed by atoms with Gasteiger partial charge in [-0.05, 0) is 55.0 Å². The second-order valence-electron chi connectivity index (χ2n) is 5.83. The van der Waals surface area contributed by atoms with E-state index in [0.29, 0.717) is 18.0 Å². The molecule has 0 bridgehead atoms. The summed E-state index contributed by atoms with van der Waals surface area (Å²) < 4.78 is 1.14. The van der Waals surface area contributed by atoms with Crippen molar-refractivity contribution in [3.05, 3.63) is 69.2 Å². The molecule has 110 valence electrons. The Morgan fingerprint density at radius 2 is 1.90 bits per heavy atom. The van der Waals surface area contributed by atoms with Crippen LogP contribution < -0.4 is 5.32 Å². The molecule has 1 aliphatic rings. The van der Waals surface area contributed by atoms with Crippen LogP contribution in [0.25, 0.3) is 0 Å². The molecule has 0 amide bonds. The number of nitrogens with one attached hydrogen (secondary N) is 1. The molecule has 1 aliphatic carbocycles. The molecule has 1 N–H and O–H groups in total. The second kappa shape index (κ2) is 6.51. The molecule has 1 saturated carbocycles. The van der Waals surface area contributed by atoms with Crippen molar-refractivity contribution in [2.45, 2.75) is 37.8 Å². The zero-order valence-electron chi connectivity index (χ0n) is 12.0. The summed E-state index contributed by atoms with van der Waals surface area (Å²) in [5.41, 5.74) is 2.62. The molecular formula is C18H19BrClN. The first-order chi connectivity index (χ1) is 10.1. The minimum absolute atomic E-state index is 0.375. The van der Waals surface area contributed by atoms with Gasteiger partial charge >= 0.3 is 0 Å². The van der Waals surface area contributed by atoms with Gasteiger partial charge in [-0.1, -0.05) is 57.9 Å². The number of rotatable bonds is 4. The fourth-order valence-electron chi connectivity index (χ4n) is 3.04. The van der Waals surface area contributed by atoms with Gasteiger partial charge in [0.05, 0.1) is 0 Å². The maximum Gasteiger partial charge on any atom is 0.0440 e. The third-order valence-corrected chi connectivity index (χ3v) is 5.15. The molecule has 2 aromatic rings. The van der Waals surface area contributed by atoms with Crippen LogP contribution in [-0.4, -0.2) is 6.04 Å². The fourth-order valence-corrected chi connectivity index (χ4v) is 3.75. The molecule has 0 radical (unpaired) electrons. The lowest BCUT2D eigenvalue weighted by Gasteiger charge is -2.38. The predicted octanol–water partition coefficient (Wildman–Crippen LogP) is 5.70. The van der Waals surface area contributed by atoms with Crippen molar-refractivity contribution in [1.82, 2.24) is 5.32 Å². The largest absolute Gasteiger partial charge is 0.307 e. The van der Waals surface area contributed by atoms with Crippen molar-refractivity contribution < 1.29 is 0 Å². The maximum atomic E-state index is 6.27. The SMILES string of the molecule is CC(NC1CC(c2ccccc2Cl)C1)c1cccc(Br)c1. The van der Waals surface area contributed by atoms with Gasteiger partial charge in [0.1, 0.15) is 0 Å². The minimum Gasteiger partial charge on any atom is -0.307 e. The van der Waals surface area contributed by atoms with Crippen molar-refractivity contribution in [3.63, 3.8) is 0 Å². The second-order valence-corrected chi connectivity index (χ2v) is 7.15. The highest BCUT2D eigenvalue weighted by atomic mass is 79.9. The fraction of sp³-hybridized carbons (Fsp3) is 0.333. The lowest BCUT2D eigenvalue weighted by atomic mass is 9.75. The molecule has 1 nitrogen and oxygen atoms in total. The Bertz CT molecular complexity index is 622. The average Bonchev–Trinajstić information content (AvgIpc) is 2.43. The molecule has 0 heterocycles. The van der Waals surface area contributed by atoms with Crippen molar-refractivity contribution in [1.29, 1.82) is 0 Å². The van der Waals surface area contributed by atoms with Gasteiger partial charge in [-0.15, -0.1) is 0 Å². The van der Waals surface area contributed by atoms with Crippen LogP contribution in [0.3, 0.4) is 0 Å². The van der Waals surface area contributed by atoms with Gasteiger partial charge in [0.2, 0.25) is 0 Å². The van der Waals surface area contributed by atoms with E-state index in [9.17, 15) is 0 Å². The molecule has 21 heavy (non-hydrogen) atoms. The molecule has 0 aromatic heterocycles. The van der Waals surface area contributed by atoms with E-state index >= 15 is 0 Å². The van der Waals surface area contributed by atoms with Crippen LogP contribution in [-0.2, 0) is 0 Å². The zero-order valence-corrected chi connectivity index (χ0v) is 14.4. The molecule has 0 saturated heterocycles. The van der Waals surface area contributed by atoms with Crippen LogP contribution in [0.2, 0.25) is 5.02 Å². The van der Waals surface area contributed by atoms with Gasteiger partial charge in [0.25, 0.3) is 0 Å². The lowest BCUT2D eigenvalue weighted by molar-refractivity contribution is 0.271. The Labute approximate surface area is 139 Å². The lowest BCUT2D eigenvalue weighted by Crippen LogP contribution is -2.41. The Kier molecular flexibility index (Phi) is 4.68. The highest BCUT2D eigenvalue weighted by Gasteiger charge is 2.32. The Morgan fingerprint density at radius 3 is 2.62 bits per heavy atom. The number of halogens is 2. The average molecular weight is 365 g/mol. The molecule has 0 aliphatic heterocycles. The first kappa shape index (κ1) is 15.1. The highest BCUT2D eigenvalue weighted by molar-refractivity contribution is 9.10. The third kappa shape index (κ3) is 3.50. The number of hydrogen-bond acceptors (Lipinski definition) is 1. The highest BCUT2D eigenvalue weighted by Crippen LogP contribution is 2.40. The summed E-state index contributed by atoms with van der Waals surface area (Å²) in [5.74, 6) is 0.603. The molecule has 1 fully saturated rings. The Balaban J connectivity index is 1.56. The molecule has 3 heteroatoms. The molecule has 3 rings (SSSR count). The van der Waals surface area contributed by atoms with Crippen molar-refractivity contribution >= 4 is 27.5 Å². The summed E-state index contributed by atoms with van der Waals surface area (Å²) in [4.78, 5) is 0. The van der Waals surface area contributed by atoms with Gasteiger partial charge in [0, 0.05) is 21.6 Å². The maximum absolute atomic E-state index is 6.27. The monoisotopic (exact) mass is 363 g/mol. The smallest absolute Gasteiger partial charge is 0.0440 e. The predicted molar refractivity (Wildman–Crippen MR) is 92.9 cm³/mol. The van der Waals surface area contributed by atoms with E-state index in [-0.39, 0.29) is 0 Å². The summed E-state index contributed by atoms with van der Waals surface area (Å²) in [6.45, 7) is 2.23. The summed E-state index contributed by atoms with van der Waals surface area (Å²) in [6, 6.07) is 17.7.